The molecular formula is C98H68N2O2. The Labute approximate surface area is 592 Å². The minimum absolute atomic E-state index is 0.168. The van der Waals surface area contributed by atoms with Gasteiger partial charge in [0.05, 0.1) is 22.7 Å². The normalized spacial score (nSPS) is 14.2. The van der Waals surface area contributed by atoms with E-state index in [2.05, 4.69) is 370 Å². The van der Waals surface area contributed by atoms with Crippen molar-refractivity contribution in [3.05, 3.63) is 374 Å². The monoisotopic (exact) mass is 1300 g/mol. The third kappa shape index (κ3) is 9.15. The van der Waals surface area contributed by atoms with Gasteiger partial charge in [-0.2, -0.15) is 0 Å². The van der Waals surface area contributed by atoms with Gasteiger partial charge >= 0.3 is 0 Å². The lowest BCUT2D eigenvalue weighted by atomic mass is 9.75. The highest BCUT2D eigenvalue weighted by atomic mass is 16.3. The van der Waals surface area contributed by atoms with Crippen LogP contribution in [-0.2, 0) is 17.3 Å². The van der Waals surface area contributed by atoms with E-state index in [-0.39, 0.29) is 5.41 Å². The third-order valence-corrected chi connectivity index (χ3v) is 22.3. The van der Waals surface area contributed by atoms with Gasteiger partial charge in [0.2, 0.25) is 0 Å². The van der Waals surface area contributed by atoms with Crippen LogP contribution in [0.25, 0.3) is 132 Å². The second-order valence-corrected chi connectivity index (χ2v) is 28.4. The summed E-state index contributed by atoms with van der Waals surface area (Å²) in [7, 11) is 0. The van der Waals surface area contributed by atoms with E-state index in [1.165, 1.54) is 82.9 Å². The van der Waals surface area contributed by atoms with E-state index in [1.54, 1.807) is 0 Å². The van der Waals surface area contributed by atoms with Crippen molar-refractivity contribution in [1.29, 1.82) is 0 Å². The molecule has 2 aliphatic carbocycles. The lowest BCUT2D eigenvalue weighted by molar-refractivity contribution is 0.583. The second kappa shape index (κ2) is 23.2. The van der Waals surface area contributed by atoms with Gasteiger partial charge in [-0.05, 0) is 150 Å². The minimum atomic E-state index is -0.424. The van der Waals surface area contributed by atoms with Crippen molar-refractivity contribution >= 4 is 99.5 Å². The summed E-state index contributed by atoms with van der Waals surface area (Å²) in [5, 5.41) is 9.10. The molecule has 2 heterocycles. The van der Waals surface area contributed by atoms with Crippen LogP contribution in [0.1, 0.15) is 48.6 Å². The Morgan fingerprint density at radius 2 is 0.686 bits per heavy atom. The predicted octanol–water partition coefficient (Wildman–Crippen LogP) is 27.2. The highest BCUT2D eigenvalue weighted by Gasteiger charge is 2.42. The Balaban J connectivity index is 0.729. The third-order valence-electron chi connectivity index (χ3n) is 22.3. The van der Waals surface area contributed by atoms with Crippen LogP contribution in [-0.4, -0.2) is 0 Å². The molecule has 0 N–H and O–H groups in total. The van der Waals surface area contributed by atoms with Gasteiger partial charge < -0.3 is 18.6 Å². The highest BCUT2D eigenvalue weighted by Crippen LogP contribution is 2.57. The van der Waals surface area contributed by atoms with Crippen molar-refractivity contribution in [2.24, 2.45) is 0 Å². The number of hydrogen-bond acceptors (Lipinski definition) is 4. The average molecular weight is 1310 g/mol. The van der Waals surface area contributed by atoms with E-state index in [0.29, 0.717) is 0 Å². The summed E-state index contributed by atoms with van der Waals surface area (Å²) in [6.07, 6.45) is 0.738. The first-order valence-electron chi connectivity index (χ1n) is 35.5. The molecule has 18 aromatic rings. The van der Waals surface area contributed by atoms with Gasteiger partial charge in [0.15, 0.2) is 0 Å². The fourth-order valence-corrected chi connectivity index (χ4v) is 17.7. The Morgan fingerprint density at radius 1 is 0.275 bits per heavy atom. The van der Waals surface area contributed by atoms with Crippen LogP contribution in [0.5, 0.6) is 0 Å². The SMILES string of the molecule is CC1(C)c2ccccc2-c2cccc(-c3ccc(N(c4cc(CC5(C)c6ccccc6-c6c(-c7ccc(N(c8ccccc8-c8cccc9c8oc8ccccc89)c8cccc9ccccc89)cc7)cccc65)ccc4-c4cccc5c4oc4ccccc45)c4cccc5ccccc45)cc3)c21. The van der Waals surface area contributed by atoms with Crippen molar-refractivity contribution < 1.29 is 8.83 Å². The Hall–Kier alpha value is -12.8. The van der Waals surface area contributed by atoms with Crippen molar-refractivity contribution in [2.45, 2.75) is 38.0 Å². The molecule has 0 spiro atoms. The van der Waals surface area contributed by atoms with Crippen LogP contribution in [0, 0.1) is 0 Å². The summed E-state index contributed by atoms with van der Waals surface area (Å²) in [4.78, 5) is 4.96. The number of rotatable bonds is 12. The molecule has 4 heteroatoms. The smallest absolute Gasteiger partial charge is 0.143 e. The number of hydrogen-bond donors (Lipinski definition) is 0. The largest absolute Gasteiger partial charge is 0.455 e. The summed E-state index contributed by atoms with van der Waals surface area (Å²) in [6.45, 7) is 7.23. The van der Waals surface area contributed by atoms with Crippen LogP contribution in [0.3, 0.4) is 0 Å². The molecule has 2 aliphatic rings. The van der Waals surface area contributed by atoms with Gasteiger partial charge in [-0.15, -0.1) is 0 Å². The molecule has 2 aromatic heterocycles. The first-order valence-corrected chi connectivity index (χ1v) is 35.5. The first kappa shape index (κ1) is 59.3. The molecule has 1 unspecified atom stereocenters. The molecule has 0 fully saturated rings. The Bertz CT molecular complexity index is 6420. The molecule has 20 rings (SSSR count). The zero-order valence-corrected chi connectivity index (χ0v) is 56.8. The fourth-order valence-electron chi connectivity index (χ4n) is 17.7. The number of benzene rings is 16. The van der Waals surface area contributed by atoms with Gasteiger partial charge in [-0.1, -0.05) is 306 Å². The molecule has 0 saturated carbocycles. The summed E-state index contributed by atoms with van der Waals surface area (Å²) >= 11 is 0. The van der Waals surface area contributed by atoms with E-state index < -0.39 is 5.41 Å². The second-order valence-electron chi connectivity index (χ2n) is 28.4. The quantitative estimate of drug-likeness (QED) is 0.122. The van der Waals surface area contributed by atoms with Crippen LogP contribution in [0.4, 0.5) is 34.1 Å². The van der Waals surface area contributed by atoms with E-state index >= 15 is 0 Å². The number of anilines is 6. The lowest BCUT2D eigenvalue weighted by Gasteiger charge is -2.32. The highest BCUT2D eigenvalue weighted by molar-refractivity contribution is 6.13. The van der Waals surface area contributed by atoms with Crippen molar-refractivity contribution in [2.75, 3.05) is 9.80 Å². The van der Waals surface area contributed by atoms with Crippen molar-refractivity contribution in [1.82, 2.24) is 0 Å². The van der Waals surface area contributed by atoms with E-state index in [0.717, 1.165) is 118 Å². The Kier molecular flexibility index (Phi) is 13.5. The molecule has 0 saturated heterocycles. The molecule has 0 bridgehead atoms. The predicted molar refractivity (Wildman–Crippen MR) is 427 cm³/mol. The molecule has 0 amide bonds. The van der Waals surface area contributed by atoms with E-state index in [1.807, 2.05) is 6.07 Å². The molecule has 0 aliphatic heterocycles. The summed E-state index contributed by atoms with van der Waals surface area (Å²) in [6, 6.07) is 127. The van der Waals surface area contributed by atoms with E-state index in [9.17, 15) is 0 Å². The minimum Gasteiger partial charge on any atom is -0.455 e. The molecule has 0 radical (unpaired) electrons. The molecule has 482 valence electrons. The van der Waals surface area contributed by atoms with Crippen LogP contribution in [0.2, 0.25) is 0 Å². The number of furan rings is 2. The van der Waals surface area contributed by atoms with Gasteiger partial charge in [0, 0.05) is 76.8 Å². The maximum absolute atomic E-state index is 6.97. The lowest BCUT2D eigenvalue weighted by Crippen LogP contribution is -2.24. The molecule has 4 nitrogen and oxygen atoms in total. The first-order chi connectivity index (χ1) is 50.2. The topological polar surface area (TPSA) is 32.8 Å². The van der Waals surface area contributed by atoms with Crippen molar-refractivity contribution in [3.63, 3.8) is 0 Å². The van der Waals surface area contributed by atoms with Crippen LogP contribution >= 0.6 is 0 Å². The zero-order chi connectivity index (χ0) is 67.8. The maximum atomic E-state index is 6.97. The fraction of sp³-hybridized carbons (Fsp3) is 0.0612. The Morgan fingerprint density at radius 3 is 1.32 bits per heavy atom. The number of nitrogens with zero attached hydrogens (tertiary/aromatic N) is 2. The van der Waals surface area contributed by atoms with Gasteiger partial charge in [-0.25, -0.2) is 0 Å². The van der Waals surface area contributed by atoms with Crippen LogP contribution < -0.4 is 9.80 Å². The standard InChI is InChI=1S/C98H68N2O2/c1-97(2)84-42-13-8-30-73(84)78-37-20-36-72(94(78)97)66-53-57-68(58-54-66)100(88-47-19-27-64-25-5-7-29-70(64)88)90-60-62(50-59-75(90)80-39-22-41-82-77-33-12-17-49-92(77)102-96(80)82)61-98(3)85-43-14-9-34-83(85)93-71(35-23-44-86(93)98)65-51-55-67(56-52-65)99(87-46-18-26-63-24-4-6-28-69(63)87)89-45-15-10-31-74(89)79-38-21-40-81-76-32-11-16-48-91(76)101-95(79)81/h4-60H,61H2,1-3H3. The molecule has 102 heavy (non-hydrogen) atoms. The van der Waals surface area contributed by atoms with Crippen LogP contribution in [0.15, 0.2) is 355 Å². The van der Waals surface area contributed by atoms with E-state index in [4.69, 9.17) is 8.83 Å². The average Bonchev–Trinajstić information content (AvgIpc) is 1.55. The number of para-hydroxylation sites is 5. The maximum Gasteiger partial charge on any atom is 0.143 e. The molecule has 1 atom stereocenters. The number of fused-ring (bicyclic) bond motifs is 14. The molecular weight excluding hydrogens is 1240 g/mol. The van der Waals surface area contributed by atoms with Gasteiger partial charge in [-0.3, -0.25) is 0 Å². The summed E-state index contributed by atoms with van der Waals surface area (Å²) in [5.41, 5.74) is 30.2. The zero-order valence-electron chi connectivity index (χ0n) is 56.8. The summed E-state index contributed by atoms with van der Waals surface area (Å²) < 4.78 is 13.7. The van der Waals surface area contributed by atoms with Gasteiger partial charge in [0.1, 0.15) is 22.3 Å². The summed E-state index contributed by atoms with van der Waals surface area (Å²) in [5.74, 6) is 0. The molecule has 16 aromatic carbocycles. The van der Waals surface area contributed by atoms with Gasteiger partial charge in [0.25, 0.3) is 0 Å². The van der Waals surface area contributed by atoms with Crippen molar-refractivity contribution in [3.8, 4) is 66.8 Å².